The Morgan fingerprint density at radius 2 is 1.17 bits per heavy atom. The summed E-state index contributed by atoms with van der Waals surface area (Å²) < 4.78 is 1.05. The van der Waals surface area contributed by atoms with E-state index in [0.29, 0.717) is 0 Å². The number of aromatic nitrogens is 1. The van der Waals surface area contributed by atoms with Crippen LogP contribution in [0.2, 0.25) is 0 Å². The molecule has 1 aliphatic rings. The number of fused-ring (bicyclic) bond motifs is 3. The van der Waals surface area contributed by atoms with E-state index in [0.717, 1.165) is 60.8 Å². The lowest BCUT2D eigenvalue weighted by Gasteiger charge is -2.40. The van der Waals surface area contributed by atoms with Crippen LogP contribution in [0.1, 0.15) is 0 Å². The molecule has 3 heterocycles. The molecule has 0 amide bonds. The van der Waals surface area contributed by atoms with E-state index in [9.17, 15) is 0 Å². The SMILES string of the molecule is Brc1ccc(-c2cc(-c3cccs3)c3cccc(N4c5ccccc5N(c5ccccc5)c5ccccc54)c3n2)cc1. The summed E-state index contributed by atoms with van der Waals surface area (Å²) in [4.78, 5) is 11.3. The van der Waals surface area contributed by atoms with Crippen LogP contribution in [0.4, 0.5) is 34.1 Å². The number of para-hydroxylation sites is 6. The van der Waals surface area contributed by atoms with E-state index >= 15 is 0 Å². The van der Waals surface area contributed by atoms with Crippen LogP contribution in [-0.4, -0.2) is 4.98 Å². The number of hydrogen-bond donors (Lipinski definition) is 0. The van der Waals surface area contributed by atoms with Gasteiger partial charge in [0.1, 0.15) is 0 Å². The molecule has 200 valence electrons. The van der Waals surface area contributed by atoms with Crippen molar-refractivity contribution in [1.29, 1.82) is 0 Å². The largest absolute Gasteiger partial charge is 0.306 e. The predicted octanol–water partition coefficient (Wildman–Crippen LogP) is 11.6. The Balaban J connectivity index is 1.42. The van der Waals surface area contributed by atoms with E-state index in [-0.39, 0.29) is 0 Å². The van der Waals surface area contributed by atoms with E-state index in [1.54, 1.807) is 11.3 Å². The van der Waals surface area contributed by atoms with Crippen molar-refractivity contribution in [2.45, 2.75) is 0 Å². The third kappa shape index (κ3) is 4.13. The maximum atomic E-state index is 5.38. The zero-order valence-corrected chi connectivity index (χ0v) is 24.9. The minimum absolute atomic E-state index is 0.954. The van der Waals surface area contributed by atoms with Crippen molar-refractivity contribution in [1.82, 2.24) is 4.98 Å². The smallest absolute Gasteiger partial charge is 0.0956 e. The van der Waals surface area contributed by atoms with Crippen LogP contribution in [0.5, 0.6) is 0 Å². The summed E-state index contributed by atoms with van der Waals surface area (Å²) in [5.74, 6) is 0. The van der Waals surface area contributed by atoms with Crippen LogP contribution in [0.15, 0.2) is 149 Å². The number of benzene rings is 5. The second-order valence-electron chi connectivity index (χ2n) is 10.2. The highest BCUT2D eigenvalue weighted by molar-refractivity contribution is 9.10. The molecule has 2 aromatic heterocycles. The van der Waals surface area contributed by atoms with Crippen molar-refractivity contribution < 1.29 is 0 Å². The summed E-state index contributed by atoms with van der Waals surface area (Å²) in [6.07, 6.45) is 0. The lowest BCUT2D eigenvalue weighted by atomic mass is 10.00. The molecule has 3 nitrogen and oxygen atoms in total. The monoisotopic (exact) mass is 621 g/mol. The molecule has 0 aliphatic carbocycles. The van der Waals surface area contributed by atoms with Gasteiger partial charge in [0.2, 0.25) is 0 Å². The molecular formula is C37H24BrN3S. The Kier molecular flexibility index (Phi) is 6.13. The number of pyridine rings is 1. The molecule has 0 saturated carbocycles. The number of hydrogen-bond acceptors (Lipinski definition) is 4. The van der Waals surface area contributed by atoms with Crippen molar-refractivity contribution in [2.75, 3.05) is 9.80 Å². The van der Waals surface area contributed by atoms with Crippen molar-refractivity contribution in [3.8, 4) is 21.7 Å². The molecule has 0 radical (unpaired) electrons. The standard InChI is InChI=1S/C37H24BrN3S/c38-26-21-19-25(20-22-26)30-24-29(36-18-9-23-42-36)28-12-8-17-35(37(28)39-30)41-33-15-6-4-13-31(33)40(27-10-2-1-3-11-27)32-14-5-7-16-34(32)41/h1-24H. The van der Waals surface area contributed by atoms with Gasteiger partial charge in [-0.25, -0.2) is 4.98 Å². The summed E-state index contributed by atoms with van der Waals surface area (Å²) in [7, 11) is 0. The van der Waals surface area contributed by atoms with Gasteiger partial charge in [-0.1, -0.05) is 88.7 Å². The molecule has 42 heavy (non-hydrogen) atoms. The third-order valence-electron chi connectivity index (χ3n) is 7.73. The fourth-order valence-corrected chi connectivity index (χ4v) is 6.90. The summed E-state index contributed by atoms with van der Waals surface area (Å²) in [5.41, 5.74) is 10.9. The number of thiophene rings is 1. The summed E-state index contributed by atoms with van der Waals surface area (Å²) >= 11 is 5.35. The Morgan fingerprint density at radius 1 is 0.548 bits per heavy atom. The van der Waals surface area contributed by atoms with Gasteiger partial charge in [-0.05, 0) is 72.1 Å². The van der Waals surface area contributed by atoms with Crippen molar-refractivity contribution in [3.63, 3.8) is 0 Å². The van der Waals surface area contributed by atoms with Crippen LogP contribution in [0.3, 0.4) is 0 Å². The van der Waals surface area contributed by atoms with Crippen molar-refractivity contribution in [3.05, 3.63) is 149 Å². The van der Waals surface area contributed by atoms with Gasteiger partial charge < -0.3 is 9.80 Å². The Bertz CT molecular complexity index is 2010. The molecule has 0 atom stereocenters. The fourth-order valence-electron chi connectivity index (χ4n) is 5.88. The topological polar surface area (TPSA) is 19.4 Å². The van der Waals surface area contributed by atoms with Gasteiger partial charge in [0, 0.05) is 31.6 Å². The van der Waals surface area contributed by atoms with E-state index in [1.165, 1.54) is 10.4 Å². The lowest BCUT2D eigenvalue weighted by molar-refractivity contribution is 1.17. The van der Waals surface area contributed by atoms with Gasteiger partial charge in [0.05, 0.1) is 39.6 Å². The van der Waals surface area contributed by atoms with Crippen molar-refractivity contribution >= 4 is 72.3 Å². The normalized spacial score (nSPS) is 12.3. The first-order valence-electron chi connectivity index (χ1n) is 13.8. The number of anilines is 6. The second kappa shape index (κ2) is 10.3. The van der Waals surface area contributed by atoms with Gasteiger partial charge in [-0.2, -0.15) is 0 Å². The van der Waals surface area contributed by atoms with Crippen LogP contribution in [0.25, 0.3) is 32.6 Å². The van der Waals surface area contributed by atoms with Gasteiger partial charge in [0.25, 0.3) is 0 Å². The average Bonchev–Trinajstić information content (AvgIpc) is 3.59. The summed E-state index contributed by atoms with van der Waals surface area (Å²) in [6, 6.07) is 49.4. The van der Waals surface area contributed by atoms with E-state index in [4.69, 9.17) is 4.98 Å². The average molecular weight is 623 g/mol. The zero-order valence-electron chi connectivity index (χ0n) is 22.5. The Morgan fingerprint density at radius 3 is 1.81 bits per heavy atom. The van der Waals surface area contributed by atoms with Crippen molar-refractivity contribution in [2.24, 2.45) is 0 Å². The Hall–Kier alpha value is -4.71. The Labute approximate surface area is 257 Å². The van der Waals surface area contributed by atoms with Crippen LogP contribution >= 0.6 is 27.3 Å². The maximum Gasteiger partial charge on any atom is 0.0956 e. The molecule has 0 spiro atoms. The minimum atomic E-state index is 0.954. The molecule has 0 fully saturated rings. The zero-order chi connectivity index (χ0) is 28.0. The number of rotatable bonds is 4. The first-order valence-corrected chi connectivity index (χ1v) is 15.5. The minimum Gasteiger partial charge on any atom is -0.306 e. The van der Waals surface area contributed by atoms with Gasteiger partial charge in [-0.15, -0.1) is 11.3 Å². The molecule has 7 aromatic rings. The predicted molar refractivity (Wildman–Crippen MR) is 181 cm³/mol. The highest BCUT2D eigenvalue weighted by atomic mass is 79.9. The molecule has 0 N–H and O–H groups in total. The quantitative estimate of drug-likeness (QED) is 0.195. The molecule has 5 heteroatoms. The fraction of sp³-hybridized carbons (Fsp3) is 0. The molecule has 5 aromatic carbocycles. The molecule has 0 saturated heterocycles. The van der Waals surface area contributed by atoms with Gasteiger partial charge >= 0.3 is 0 Å². The van der Waals surface area contributed by atoms with E-state index in [1.807, 2.05) is 0 Å². The molecular weight excluding hydrogens is 598 g/mol. The highest BCUT2D eigenvalue weighted by Gasteiger charge is 2.31. The number of halogens is 1. The molecule has 1 aliphatic heterocycles. The van der Waals surface area contributed by atoms with Gasteiger partial charge in [-0.3, -0.25) is 0 Å². The van der Waals surface area contributed by atoms with Gasteiger partial charge in [0.15, 0.2) is 0 Å². The highest BCUT2D eigenvalue weighted by Crippen LogP contribution is 2.55. The van der Waals surface area contributed by atoms with Crippen LogP contribution in [-0.2, 0) is 0 Å². The van der Waals surface area contributed by atoms with Crippen LogP contribution in [0, 0.1) is 0 Å². The summed E-state index contributed by atoms with van der Waals surface area (Å²) in [6.45, 7) is 0. The molecule has 8 rings (SSSR count). The summed E-state index contributed by atoms with van der Waals surface area (Å²) in [5, 5.41) is 3.27. The van der Waals surface area contributed by atoms with Crippen LogP contribution < -0.4 is 9.80 Å². The second-order valence-corrected chi connectivity index (χ2v) is 12.1. The van der Waals surface area contributed by atoms with E-state index < -0.39 is 0 Å². The molecule has 0 bridgehead atoms. The van der Waals surface area contributed by atoms with E-state index in [2.05, 4.69) is 171 Å². The molecule has 0 unspecified atom stereocenters. The number of nitrogens with zero attached hydrogens (tertiary/aromatic N) is 3. The third-order valence-corrected chi connectivity index (χ3v) is 9.16. The first-order chi connectivity index (χ1) is 20.8. The maximum absolute atomic E-state index is 5.38. The lowest BCUT2D eigenvalue weighted by Crippen LogP contribution is -2.24. The first kappa shape index (κ1) is 25.0.